The smallest absolute Gasteiger partial charge is 0.206 e. The van der Waals surface area contributed by atoms with Gasteiger partial charge in [-0.3, -0.25) is 0 Å². The van der Waals surface area contributed by atoms with Crippen molar-refractivity contribution in [3.8, 4) is 0 Å². The molecule has 2 N–H and O–H groups in total. The minimum atomic E-state index is -0.281. The SMILES string of the molecule is [OH2+]C(c1ccccc1)c1ccc(P)cc1. The summed E-state index contributed by atoms with van der Waals surface area (Å²) in [5.74, 6) is 0. The molecule has 0 aromatic heterocycles. The Labute approximate surface area is 92.0 Å². The first-order chi connectivity index (χ1) is 7.27. The predicted molar refractivity (Wildman–Crippen MR) is 67.7 cm³/mol. The Morgan fingerprint density at radius 2 is 1.33 bits per heavy atom. The van der Waals surface area contributed by atoms with Crippen LogP contribution in [0.2, 0.25) is 0 Å². The number of hydrogen-bond donors (Lipinski definition) is 0. The van der Waals surface area contributed by atoms with Gasteiger partial charge in [0.05, 0.1) is 0 Å². The Morgan fingerprint density at radius 3 is 1.93 bits per heavy atom. The van der Waals surface area contributed by atoms with Gasteiger partial charge in [-0.25, -0.2) is 0 Å². The van der Waals surface area contributed by atoms with Gasteiger partial charge >= 0.3 is 0 Å². The maximum atomic E-state index is 8.12. The summed E-state index contributed by atoms with van der Waals surface area (Å²) in [6, 6.07) is 18.0. The highest BCUT2D eigenvalue weighted by molar-refractivity contribution is 7.27. The fraction of sp³-hybridized carbons (Fsp3) is 0.0769. The third kappa shape index (κ3) is 2.44. The first-order valence-electron chi connectivity index (χ1n) is 4.89. The summed E-state index contributed by atoms with van der Waals surface area (Å²) in [6.45, 7) is 0. The molecule has 2 atom stereocenters. The first kappa shape index (κ1) is 10.4. The van der Waals surface area contributed by atoms with E-state index in [0.717, 1.165) is 16.4 Å². The van der Waals surface area contributed by atoms with Crippen LogP contribution in [0.1, 0.15) is 17.2 Å². The molecule has 0 saturated heterocycles. The lowest BCUT2D eigenvalue weighted by molar-refractivity contribution is 0.220. The van der Waals surface area contributed by atoms with Crippen LogP contribution >= 0.6 is 9.24 Å². The molecule has 0 amide bonds. The Hall–Kier alpha value is -1.17. The largest absolute Gasteiger partial charge is 0.436 e. The fourth-order valence-corrected chi connectivity index (χ4v) is 1.72. The molecule has 0 spiro atoms. The minimum Gasteiger partial charge on any atom is -0.436 e. The van der Waals surface area contributed by atoms with Crippen LogP contribution in [-0.4, -0.2) is 5.11 Å². The van der Waals surface area contributed by atoms with Crippen LogP contribution in [0.4, 0.5) is 0 Å². The Morgan fingerprint density at radius 1 is 0.800 bits per heavy atom. The molecule has 2 unspecified atom stereocenters. The van der Waals surface area contributed by atoms with Gasteiger partial charge in [-0.2, -0.15) is 0 Å². The summed E-state index contributed by atoms with van der Waals surface area (Å²) >= 11 is 0. The zero-order valence-electron chi connectivity index (χ0n) is 8.35. The third-order valence-electron chi connectivity index (χ3n) is 2.40. The summed E-state index contributed by atoms with van der Waals surface area (Å²) in [4.78, 5) is 0. The summed E-state index contributed by atoms with van der Waals surface area (Å²) in [6.07, 6.45) is -0.281. The standard InChI is InChI=1S/C13H13OP/c14-13(10-4-2-1-3-5-10)11-6-8-12(15)9-7-11/h1-9,13-14H,15H2/p+1. The second-order valence-corrected chi connectivity index (χ2v) is 4.18. The molecule has 1 nitrogen and oxygen atoms in total. The van der Waals surface area contributed by atoms with E-state index in [1.54, 1.807) is 0 Å². The predicted octanol–water partition coefficient (Wildman–Crippen LogP) is 2.00. The molecular weight excluding hydrogens is 203 g/mol. The van der Waals surface area contributed by atoms with Gasteiger partial charge in [0.15, 0.2) is 0 Å². The molecule has 2 rings (SSSR count). The van der Waals surface area contributed by atoms with Crippen molar-refractivity contribution in [1.29, 1.82) is 0 Å². The van der Waals surface area contributed by atoms with E-state index >= 15 is 0 Å². The minimum absolute atomic E-state index is 0.281. The lowest BCUT2D eigenvalue weighted by Crippen LogP contribution is -2.00. The van der Waals surface area contributed by atoms with Crippen LogP contribution in [0.5, 0.6) is 0 Å². The third-order valence-corrected chi connectivity index (χ3v) is 2.79. The van der Waals surface area contributed by atoms with E-state index in [1.165, 1.54) is 0 Å². The zero-order chi connectivity index (χ0) is 10.7. The maximum absolute atomic E-state index is 8.12. The summed E-state index contributed by atoms with van der Waals surface area (Å²) in [7, 11) is 2.65. The molecular formula is C13H14OP+. The lowest BCUT2D eigenvalue weighted by atomic mass is 10.0. The van der Waals surface area contributed by atoms with Crippen LogP contribution in [0.3, 0.4) is 0 Å². The molecule has 0 heterocycles. The van der Waals surface area contributed by atoms with E-state index in [-0.39, 0.29) is 6.10 Å². The van der Waals surface area contributed by atoms with E-state index in [4.69, 9.17) is 5.11 Å². The summed E-state index contributed by atoms with van der Waals surface area (Å²) in [5.41, 5.74) is 2.07. The van der Waals surface area contributed by atoms with Crippen molar-refractivity contribution >= 4 is 14.5 Å². The van der Waals surface area contributed by atoms with Crippen LogP contribution in [0.25, 0.3) is 0 Å². The Balaban J connectivity index is 2.29. The van der Waals surface area contributed by atoms with E-state index in [0.29, 0.717) is 0 Å². The second-order valence-electron chi connectivity index (χ2n) is 3.51. The molecule has 0 saturated carbocycles. The van der Waals surface area contributed by atoms with Crippen molar-refractivity contribution in [3.63, 3.8) is 0 Å². The maximum Gasteiger partial charge on any atom is 0.206 e. The summed E-state index contributed by atoms with van der Waals surface area (Å²) in [5, 5.41) is 9.27. The van der Waals surface area contributed by atoms with Crippen LogP contribution < -0.4 is 5.30 Å². The quantitative estimate of drug-likeness (QED) is 0.542. The Kier molecular flexibility index (Phi) is 3.15. The van der Waals surface area contributed by atoms with E-state index in [1.807, 2.05) is 54.6 Å². The monoisotopic (exact) mass is 217 g/mol. The van der Waals surface area contributed by atoms with Gasteiger partial charge < -0.3 is 5.11 Å². The molecule has 15 heavy (non-hydrogen) atoms. The average molecular weight is 217 g/mol. The molecule has 2 aromatic rings. The van der Waals surface area contributed by atoms with E-state index in [9.17, 15) is 0 Å². The summed E-state index contributed by atoms with van der Waals surface area (Å²) < 4.78 is 0. The molecule has 0 aliphatic carbocycles. The van der Waals surface area contributed by atoms with Crippen molar-refractivity contribution in [2.24, 2.45) is 0 Å². The Bertz CT molecular complexity index is 422. The number of benzene rings is 2. The molecule has 0 bridgehead atoms. The van der Waals surface area contributed by atoms with Crippen molar-refractivity contribution < 1.29 is 5.11 Å². The fourth-order valence-electron chi connectivity index (χ4n) is 1.53. The molecule has 76 valence electrons. The number of rotatable bonds is 2. The van der Waals surface area contributed by atoms with Crippen LogP contribution in [0, 0.1) is 0 Å². The highest BCUT2D eigenvalue weighted by Crippen LogP contribution is 2.20. The van der Waals surface area contributed by atoms with Crippen LogP contribution in [-0.2, 0) is 0 Å². The van der Waals surface area contributed by atoms with Crippen molar-refractivity contribution in [1.82, 2.24) is 0 Å². The molecule has 0 aliphatic rings. The average Bonchev–Trinajstić information content (AvgIpc) is 2.30. The van der Waals surface area contributed by atoms with Crippen molar-refractivity contribution in [2.75, 3.05) is 0 Å². The van der Waals surface area contributed by atoms with Crippen molar-refractivity contribution in [2.45, 2.75) is 6.10 Å². The molecule has 0 aliphatic heterocycles. The van der Waals surface area contributed by atoms with E-state index < -0.39 is 0 Å². The molecule has 0 fully saturated rings. The second kappa shape index (κ2) is 4.57. The molecule has 2 aromatic carbocycles. The normalized spacial score (nSPS) is 12.4. The van der Waals surface area contributed by atoms with E-state index in [2.05, 4.69) is 9.24 Å². The topological polar surface area (TPSA) is 22.9 Å². The lowest BCUT2D eigenvalue weighted by Gasteiger charge is -2.07. The van der Waals surface area contributed by atoms with Gasteiger partial charge in [-0.05, 0) is 5.30 Å². The highest BCUT2D eigenvalue weighted by atomic mass is 31.0. The van der Waals surface area contributed by atoms with Crippen LogP contribution in [0.15, 0.2) is 54.6 Å². The zero-order valence-corrected chi connectivity index (χ0v) is 9.51. The van der Waals surface area contributed by atoms with Crippen molar-refractivity contribution in [3.05, 3.63) is 65.7 Å². The van der Waals surface area contributed by atoms with Gasteiger partial charge in [0.25, 0.3) is 0 Å². The molecule has 0 radical (unpaired) electrons. The van der Waals surface area contributed by atoms with Gasteiger partial charge in [0.1, 0.15) is 0 Å². The van der Waals surface area contributed by atoms with Gasteiger partial charge in [-0.1, -0.05) is 54.6 Å². The molecule has 2 heteroatoms. The van der Waals surface area contributed by atoms with Gasteiger partial charge in [-0.15, -0.1) is 9.24 Å². The van der Waals surface area contributed by atoms with Gasteiger partial charge in [0.2, 0.25) is 6.10 Å². The van der Waals surface area contributed by atoms with Gasteiger partial charge in [0, 0.05) is 11.1 Å². The number of hydrogen-bond acceptors (Lipinski definition) is 0. The highest BCUT2D eigenvalue weighted by Gasteiger charge is 2.13. The first-order valence-corrected chi connectivity index (χ1v) is 5.46.